The molecule has 0 spiro atoms. The van der Waals surface area contributed by atoms with E-state index in [-0.39, 0.29) is 0 Å². The maximum absolute atomic E-state index is 10.2. The Labute approximate surface area is 57.5 Å². The quantitative estimate of drug-likeness (QED) is 0.579. The van der Waals surface area contributed by atoms with Crippen molar-refractivity contribution in [2.75, 3.05) is 0 Å². The third-order valence-electron chi connectivity index (χ3n) is 1.84. The molecule has 0 aliphatic heterocycles. The molecule has 0 saturated heterocycles. The largest absolute Gasteiger partial charge is 0.481 e. The maximum Gasteiger partial charge on any atom is 0.306 e. The Morgan fingerprint density at radius 2 is 1.30 bits per heavy atom. The van der Waals surface area contributed by atoms with Crippen LogP contribution in [-0.4, -0.2) is 22.2 Å². The van der Waals surface area contributed by atoms with E-state index in [2.05, 4.69) is 0 Å². The summed E-state index contributed by atoms with van der Waals surface area (Å²) in [6.45, 7) is 0. The molecule has 4 heteroatoms. The first-order valence-electron chi connectivity index (χ1n) is 3.07. The lowest BCUT2D eigenvalue weighted by Gasteiger charge is -2.28. The van der Waals surface area contributed by atoms with E-state index in [1.54, 1.807) is 0 Å². The second-order valence-electron chi connectivity index (χ2n) is 2.54. The summed E-state index contributed by atoms with van der Waals surface area (Å²) in [4.78, 5) is 20.3. The summed E-state index contributed by atoms with van der Waals surface area (Å²) in [6, 6.07) is 0. The molecule has 0 heterocycles. The molecule has 1 aliphatic carbocycles. The number of aliphatic carboxylic acids is 2. The van der Waals surface area contributed by atoms with Gasteiger partial charge in [0, 0.05) is 0 Å². The molecule has 0 atom stereocenters. The number of hydrogen-bond donors (Lipinski definition) is 2. The third-order valence-corrected chi connectivity index (χ3v) is 1.84. The lowest BCUT2D eigenvalue weighted by molar-refractivity contribution is -0.154. The average Bonchev–Trinajstić information content (AvgIpc) is 1.56. The Hall–Kier alpha value is -1.06. The fraction of sp³-hybridized carbons (Fsp3) is 0.667. The maximum atomic E-state index is 10.2. The lowest BCUT2D eigenvalue weighted by Crippen LogP contribution is -2.34. The van der Waals surface area contributed by atoms with Crippen LogP contribution in [0.5, 0.6) is 0 Å². The fourth-order valence-electron chi connectivity index (χ4n) is 1.02. The van der Waals surface area contributed by atoms with E-state index in [9.17, 15) is 9.59 Å². The van der Waals surface area contributed by atoms with Gasteiger partial charge >= 0.3 is 11.9 Å². The second kappa shape index (κ2) is 2.28. The van der Waals surface area contributed by atoms with Crippen LogP contribution in [0, 0.1) is 11.8 Å². The third kappa shape index (κ3) is 1.10. The zero-order valence-corrected chi connectivity index (χ0v) is 5.28. The number of carboxylic acid groups (broad SMARTS) is 2. The first-order chi connectivity index (χ1) is 4.61. The first-order valence-corrected chi connectivity index (χ1v) is 3.07. The topological polar surface area (TPSA) is 74.6 Å². The van der Waals surface area contributed by atoms with Crippen LogP contribution in [0.15, 0.2) is 0 Å². The van der Waals surface area contributed by atoms with E-state index < -0.39 is 23.8 Å². The Morgan fingerprint density at radius 3 is 1.50 bits per heavy atom. The minimum atomic E-state index is -0.877. The monoisotopic (exact) mass is 144 g/mol. The summed E-state index contributed by atoms with van der Waals surface area (Å²) in [5, 5.41) is 16.7. The van der Waals surface area contributed by atoms with Crippen LogP contribution >= 0.6 is 0 Å². The summed E-state index contributed by atoms with van der Waals surface area (Å²) >= 11 is 0. The SMILES string of the molecule is O=C(O)[C@H]1C[C@@H](C(=O)O)C1. The molecular weight excluding hydrogens is 136 g/mol. The molecule has 1 saturated carbocycles. The molecule has 1 fully saturated rings. The second-order valence-corrected chi connectivity index (χ2v) is 2.54. The summed E-state index contributed by atoms with van der Waals surface area (Å²) in [5.41, 5.74) is 0. The molecule has 1 rings (SSSR count). The van der Waals surface area contributed by atoms with Gasteiger partial charge in [-0.2, -0.15) is 0 Å². The van der Waals surface area contributed by atoms with E-state index in [4.69, 9.17) is 10.2 Å². The average molecular weight is 144 g/mol. The lowest BCUT2D eigenvalue weighted by atomic mass is 9.75. The van der Waals surface area contributed by atoms with Crippen LogP contribution < -0.4 is 0 Å². The van der Waals surface area contributed by atoms with Gasteiger partial charge in [-0.15, -0.1) is 0 Å². The van der Waals surface area contributed by atoms with Gasteiger partial charge in [-0.25, -0.2) is 0 Å². The summed E-state index contributed by atoms with van der Waals surface area (Å²) < 4.78 is 0. The standard InChI is InChI=1S/C6H8O4/c7-5(8)3-1-4(2-3)6(9)10/h3-4H,1-2H2,(H,7,8)(H,9,10)/t3-,4+. The van der Waals surface area contributed by atoms with Crippen LogP contribution in [-0.2, 0) is 9.59 Å². The van der Waals surface area contributed by atoms with E-state index in [1.165, 1.54) is 0 Å². The van der Waals surface area contributed by atoms with Crippen LogP contribution in [0.4, 0.5) is 0 Å². The van der Waals surface area contributed by atoms with Gasteiger partial charge in [-0.05, 0) is 12.8 Å². The van der Waals surface area contributed by atoms with Gasteiger partial charge in [0.2, 0.25) is 0 Å². The van der Waals surface area contributed by atoms with Crippen LogP contribution in [0.2, 0.25) is 0 Å². The van der Waals surface area contributed by atoms with Crippen molar-refractivity contribution in [2.45, 2.75) is 12.8 Å². The molecule has 0 unspecified atom stereocenters. The molecular formula is C6H8O4. The van der Waals surface area contributed by atoms with Crippen LogP contribution in [0.25, 0.3) is 0 Å². The van der Waals surface area contributed by atoms with Crippen molar-refractivity contribution in [3.05, 3.63) is 0 Å². The first kappa shape index (κ1) is 7.05. The van der Waals surface area contributed by atoms with Crippen molar-refractivity contribution >= 4 is 11.9 Å². The van der Waals surface area contributed by atoms with Crippen molar-refractivity contribution < 1.29 is 19.8 Å². The molecule has 0 aromatic carbocycles. The highest BCUT2D eigenvalue weighted by atomic mass is 16.4. The molecule has 0 radical (unpaired) electrons. The summed E-state index contributed by atoms with van der Waals surface area (Å²) in [7, 11) is 0. The molecule has 4 nitrogen and oxygen atoms in total. The fourth-order valence-corrected chi connectivity index (χ4v) is 1.02. The zero-order chi connectivity index (χ0) is 7.72. The highest BCUT2D eigenvalue weighted by molar-refractivity contribution is 5.77. The van der Waals surface area contributed by atoms with Crippen LogP contribution in [0.1, 0.15) is 12.8 Å². The molecule has 10 heavy (non-hydrogen) atoms. The predicted molar refractivity (Wildman–Crippen MR) is 31.5 cm³/mol. The van der Waals surface area contributed by atoms with Crippen LogP contribution in [0.3, 0.4) is 0 Å². The van der Waals surface area contributed by atoms with Gasteiger partial charge < -0.3 is 10.2 Å². The minimum absolute atomic E-state index is 0.296. The molecule has 0 aromatic rings. The van der Waals surface area contributed by atoms with Gasteiger partial charge in [0.15, 0.2) is 0 Å². The Kier molecular flexibility index (Phi) is 1.61. The smallest absolute Gasteiger partial charge is 0.306 e. The van der Waals surface area contributed by atoms with Crippen molar-refractivity contribution in [1.29, 1.82) is 0 Å². The summed E-state index contributed by atoms with van der Waals surface area (Å²) in [6.07, 6.45) is 0.593. The molecule has 0 bridgehead atoms. The molecule has 0 amide bonds. The number of rotatable bonds is 2. The van der Waals surface area contributed by atoms with Crippen molar-refractivity contribution in [3.63, 3.8) is 0 Å². The van der Waals surface area contributed by atoms with Gasteiger partial charge in [-0.1, -0.05) is 0 Å². The molecule has 1 aliphatic rings. The zero-order valence-electron chi connectivity index (χ0n) is 5.28. The Balaban J connectivity index is 2.31. The van der Waals surface area contributed by atoms with Gasteiger partial charge in [0.05, 0.1) is 11.8 Å². The molecule has 0 aromatic heterocycles. The van der Waals surface area contributed by atoms with Gasteiger partial charge in [0.25, 0.3) is 0 Å². The van der Waals surface area contributed by atoms with Gasteiger partial charge in [0.1, 0.15) is 0 Å². The van der Waals surface area contributed by atoms with Crippen molar-refractivity contribution in [1.82, 2.24) is 0 Å². The van der Waals surface area contributed by atoms with Gasteiger partial charge in [-0.3, -0.25) is 9.59 Å². The molecule has 2 N–H and O–H groups in total. The van der Waals surface area contributed by atoms with E-state index in [0.717, 1.165) is 0 Å². The van der Waals surface area contributed by atoms with Crippen molar-refractivity contribution in [2.24, 2.45) is 11.8 Å². The Morgan fingerprint density at radius 1 is 1.00 bits per heavy atom. The normalized spacial score (nSPS) is 30.8. The highest BCUT2D eigenvalue weighted by Gasteiger charge is 2.38. The van der Waals surface area contributed by atoms with Crippen molar-refractivity contribution in [3.8, 4) is 0 Å². The predicted octanol–water partition coefficient (Wildman–Crippen LogP) is 0.182. The number of carboxylic acids is 2. The Bertz CT molecular complexity index is 151. The van der Waals surface area contributed by atoms with E-state index in [1.807, 2.05) is 0 Å². The van der Waals surface area contributed by atoms with E-state index >= 15 is 0 Å². The number of carbonyl (C=O) groups is 2. The summed E-state index contributed by atoms with van der Waals surface area (Å²) in [5.74, 6) is -2.59. The minimum Gasteiger partial charge on any atom is -0.481 e. The highest BCUT2D eigenvalue weighted by Crippen LogP contribution is 2.33. The number of hydrogen-bond acceptors (Lipinski definition) is 2. The molecule has 56 valence electrons. The van der Waals surface area contributed by atoms with E-state index in [0.29, 0.717) is 12.8 Å².